The summed E-state index contributed by atoms with van der Waals surface area (Å²) in [6.45, 7) is 5.52. The average molecular weight is 401 g/mol. The monoisotopic (exact) mass is 401 g/mol. The Morgan fingerprint density at radius 3 is 2.71 bits per heavy atom. The fourth-order valence-electron chi connectivity index (χ4n) is 3.64. The second-order valence-electron chi connectivity index (χ2n) is 7.00. The number of ether oxygens (including phenoxy) is 2. The van der Waals surface area contributed by atoms with Crippen LogP contribution in [-0.2, 0) is 4.74 Å². The molecular weight excluding hydrogens is 375 g/mol. The third-order valence-electron chi connectivity index (χ3n) is 5.08. The first-order valence-corrected chi connectivity index (χ1v) is 9.60. The van der Waals surface area contributed by atoms with Gasteiger partial charge in [-0.15, -0.1) is 13.2 Å². The number of hydrogen-bond acceptors (Lipinski definition) is 5. The van der Waals surface area contributed by atoms with Crippen molar-refractivity contribution in [3.63, 3.8) is 0 Å². The summed E-state index contributed by atoms with van der Waals surface area (Å²) in [4.78, 5) is 17.1. The van der Waals surface area contributed by atoms with E-state index in [1.165, 1.54) is 18.2 Å². The minimum Gasteiger partial charge on any atom is -0.405 e. The number of morpholine rings is 1. The second-order valence-corrected chi connectivity index (χ2v) is 7.00. The molecule has 1 amide bonds. The summed E-state index contributed by atoms with van der Waals surface area (Å²) in [5, 5.41) is 3.27. The molecule has 1 unspecified atom stereocenters. The summed E-state index contributed by atoms with van der Waals surface area (Å²) >= 11 is 0. The van der Waals surface area contributed by atoms with Crippen LogP contribution in [0.3, 0.4) is 0 Å². The van der Waals surface area contributed by atoms with Gasteiger partial charge in [-0.1, -0.05) is 12.1 Å². The summed E-state index contributed by atoms with van der Waals surface area (Å²) < 4.78 is 47.7. The number of halogens is 3. The van der Waals surface area contributed by atoms with Crippen LogP contribution in [0.4, 0.5) is 13.2 Å². The molecule has 1 aromatic carbocycles. The number of rotatable bonds is 6. The maximum Gasteiger partial charge on any atom is 0.573 e. The minimum atomic E-state index is -4.85. The van der Waals surface area contributed by atoms with Crippen molar-refractivity contribution in [1.29, 1.82) is 0 Å². The molecule has 9 heteroatoms. The predicted molar refractivity (Wildman–Crippen MR) is 97.3 cm³/mol. The molecule has 1 atom stereocenters. The molecule has 6 nitrogen and oxygen atoms in total. The van der Waals surface area contributed by atoms with Crippen LogP contribution in [-0.4, -0.2) is 80.6 Å². The van der Waals surface area contributed by atoms with Crippen molar-refractivity contribution >= 4 is 5.91 Å². The molecule has 2 aliphatic rings. The number of benzene rings is 1. The van der Waals surface area contributed by atoms with Gasteiger partial charge in [0.15, 0.2) is 0 Å². The Morgan fingerprint density at radius 1 is 1.29 bits per heavy atom. The van der Waals surface area contributed by atoms with Crippen LogP contribution in [0.1, 0.15) is 23.2 Å². The normalized spacial score (nSPS) is 21.3. The largest absolute Gasteiger partial charge is 0.573 e. The van der Waals surface area contributed by atoms with E-state index >= 15 is 0 Å². The zero-order valence-corrected chi connectivity index (χ0v) is 15.7. The maximum absolute atomic E-state index is 13.2. The molecule has 2 heterocycles. The van der Waals surface area contributed by atoms with E-state index in [-0.39, 0.29) is 11.6 Å². The molecule has 28 heavy (non-hydrogen) atoms. The molecule has 0 saturated carbocycles. The summed E-state index contributed by atoms with van der Waals surface area (Å²) in [5.74, 6) is -0.887. The number of amides is 1. The number of carbonyl (C=O) groups is 1. The third kappa shape index (κ3) is 5.83. The van der Waals surface area contributed by atoms with E-state index in [4.69, 9.17) is 4.74 Å². The van der Waals surface area contributed by atoms with Crippen LogP contribution in [0.15, 0.2) is 24.3 Å². The first-order valence-electron chi connectivity index (χ1n) is 9.60. The smallest absolute Gasteiger partial charge is 0.405 e. The Hall–Kier alpha value is -1.84. The van der Waals surface area contributed by atoms with Crippen molar-refractivity contribution in [1.82, 2.24) is 15.1 Å². The molecule has 3 rings (SSSR count). The Balaban J connectivity index is 1.77. The zero-order valence-electron chi connectivity index (χ0n) is 15.7. The van der Waals surface area contributed by atoms with Gasteiger partial charge in [-0.2, -0.15) is 0 Å². The van der Waals surface area contributed by atoms with E-state index in [1.807, 2.05) is 0 Å². The summed E-state index contributed by atoms with van der Waals surface area (Å²) in [6, 6.07) is 5.50. The Kier molecular flexibility index (Phi) is 7.14. The van der Waals surface area contributed by atoms with Gasteiger partial charge in [0.25, 0.3) is 5.91 Å². The molecule has 0 aromatic heterocycles. The highest BCUT2D eigenvalue weighted by molar-refractivity contribution is 5.97. The summed E-state index contributed by atoms with van der Waals surface area (Å²) in [7, 11) is 0. The molecule has 0 radical (unpaired) electrons. The van der Waals surface area contributed by atoms with Gasteiger partial charge >= 0.3 is 6.36 Å². The molecule has 0 aliphatic carbocycles. The van der Waals surface area contributed by atoms with Crippen molar-refractivity contribution in [2.75, 3.05) is 52.5 Å². The molecular formula is C19H26F3N3O3. The number of para-hydroxylation sites is 1. The minimum absolute atomic E-state index is 0.0544. The fraction of sp³-hybridized carbons (Fsp3) is 0.632. The first-order chi connectivity index (χ1) is 13.4. The first kappa shape index (κ1) is 20.9. The quantitative estimate of drug-likeness (QED) is 0.792. The highest BCUT2D eigenvalue weighted by Gasteiger charge is 2.34. The topological polar surface area (TPSA) is 54.0 Å². The van der Waals surface area contributed by atoms with Gasteiger partial charge in [0.05, 0.1) is 18.8 Å². The molecule has 156 valence electrons. The van der Waals surface area contributed by atoms with Crippen LogP contribution in [0, 0.1) is 0 Å². The Labute approximate surface area is 162 Å². The van der Waals surface area contributed by atoms with Gasteiger partial charge < -0.3 is 19.7 Å². The highest BCUT2D eigenvalue weighted by atomic mass is 19.4. The van der Waals surface area contributed by atoms with Crippen molar-refractivity contribution in [2.24, 2.45) is 0 Å². The standard InChI is InChI=1S/C19H26F3N3O3/c20-19(21,22)28-17-6-2-1-5-16(17)18(26)25(15-4-3-7-23-14-15)9-8-24-10-12-27-13-11-24/h1-2,5-6,15,23H,3-4,7-14H2. The fourth-order valence-corrected chi connectivity index (χ4v) is 3.64. The lowest BCUT2D eigenvalue weighted by Gasteiger charge is -2.37. The number of carbonyl (C=O) groups excluding carboxylic acids is 1. The van der Waals surface area contributed by atoms with Crippen molar-refractivity contribution in [3.05, 3.63) is 29.8 Å². The molecule has 0 spiro atoms. The molecule has 1 N–H and O–H groups in total. The van der Waals surface area contributed by atoms with E-state index in [1.54, 1.807) is 11.0 Å². The Morgan fingerprint density at radius 2 is 2.04 bits per heavy atom. The lowest BCUT2D eigenvalue weighted by Crippen LogP contribution is -2.51. The van der Waals surface area contributed by atoms with Crippen LogP contribution in [0.2, 0.25) is 0 Å². The molecule has 0 bridgehead atoms. The summed E-state index contributed by atoms with van der Waals surface area (Å²) in [5.41, 5.74) is -0.0626. The lowest BCUT2D eigenvalue weighted by molar-refractivity contribution is -0.274. The maximum atomic E-state index is 13.2. The van der Waals surface area contributed by atoms with Crippen molar-refractivity contribution in [3.8, 4) is 5.75 Å². The highest BCUT2D eigenvalue weighted by Crippen LogP contribution is 2.28. The van der Waals surface area contributed by atoms with Crippen molar-refractivity contribution in [2.45, 2.75) is 25.2 Å². The predicted octanol–water partition coefficient (Wildman–Crippen LogP) is 2.11. The van der Waals surface area contributed by atoms with Crippen LogP contribution < -0.4 is 10.1 Å². The second kappa shape index (κ2) is 9.58. The zero-order chi connectivity index (χ0) is 20.0. The van der Waals surface area contributed by atoms with E-state index in [9.17, 15) is 18.0 Å². The van der Waals surface area contributed by atoms with E-state index in [2.05, 4.69) is 15.0 Å². The van der Waals surface area contributed by atoms with E-state index in [0.717, 1.165) is 32.5 Å². The number of piperidine rings is 1. The van der Waals surface area contributed by atoms with Gasteiger partial charge in [0.1, 0.15) is 5.75 Å². The van der Waals surface area contributed by atoms with Gasteiger partial charge in [0.2, 0.25) is 0 Å². The number of alkyl halides is 3. The molecule has 2 saturated heterocycles. The third-order valence-corrected chi connectivity index (χ3v) is 5.08. The SMILES string of the molecule is O=C(c1ccccc1OC(F)(F)F)N(CCN1CCOCC1)C1CCCNC1. The number of nitrogens with zero attached hydrogens (tertiary/aromatic N) is 2. The van der Waals surface area contributed by atoms with Gasteiger partial charge in [-0.05, 0) is 31.5 Å². The molecule has 2 fully saturated rings. The van der Waals surface area contributed by atoms with Gasteiger partial charge in [-0.3, -0.25) is 9.69 Å². The van der Waals surface area contributed by atoms with Crippen molar-refractivity contribution < 1.29 is 27.4 Å². The van der Waals surface area contributed by atoms with E-state index in [0.29, 0.717) is 32.8 Å². The molecule has 2 aliphatic heterocycles. The van der Waals surface area contributed by atoms with Crippen LogP contribution >= 0.6 is 0 Å². The molecule has 1 aromatic rings. The summed E-state index contributed by atoms with van der Waals surface area (Å²) in [6.07, 6.45) is -3.10. The van der Waals surface area contributed by atoms with Crippen LogP contribution in [0.25, 0.3) is 0 Å². The number of hydrogen-bond donors (Lipinski definition) is 1. The average Bonchev–Trinajstić information content (AvgIpc) is 2.69. The number of nitrogens with one attached hydrogen (secondary N) is 1. The van der Waals surface area contributed by atoms with Gasteiger partial charge in [-0.25, -0.2) is 0 Å². The van der Waals surface area contributed by atoms with Crippen LogP contribution in [0.5, 0.6) is 5.75 Å². The van der Waals surface area contributed by atoms with E-state index < -0.39 is 18.0 Å². The Bertz CT molecular complexity index is 645. The lowest BCUT2D eigenvalue weighted by atomic mass is 10.0. The van der Waals surface area contributed by atoms with Gasteiger partial charge in [0, 0.05) is 38.8 Å².